The van der Waals surface area contributed by atoms with E-state index >= 15 is 0 Å². The van der Waals surface area contributed by atoms with Crippen LogP contribution in [0.1, 0.15) is 23.1 Å². The molecule has 0 fully saturated rings. The zero-order chi connectivity index (χ0) is 15.9. The summed E-state index contributed by atoms with van der Waals surface area (Å²) in [4.78, 5) is 27.7. The van der Waals surface area contributed by atoms with Crippen LogP contribution in [-0.2, 0) is 16.1 Å². The van der Waals surface area contributed by atoms with E-state index in [1.54, 1.807) is 18.5 Å². The van der Waals surface area contributed by atoms with Gasteiger partial charge >= 0.3 is 0 Å². The van der Waals surface area contributed by atoms with Crippen molar-refractivity contribution in [2.24, 2.45) is 0 Å². The molecule has 5 nitrogen and oxygen atoms in total. The van der Waals surface area contributed by atoms with Gasteiger partial charge in [-0.15, -0.1) is 0 Å². The summed E-state index contributed by atoms with van der Waals surface area (Å²) in [6, 6.07) is 9.44. The Bertz CT molecular complexity index is 649. The van der Waals surface area contributed by atoms with Gasteiger partial charge in [0.25, 0.3) is 0 Å². The van der Waals surface area contributed by atoms with Crippen LogP contribution >= 0.6 is 0 Å². The van der Waals surface area contributed by atoms with Crippen molar-refractivity contribution in [3.63, 3.8) is 0 Å². The highest BCUT2D eigenvalue weighted by molar-refractivity contribution is 6.04. The zero-order valence-corrected chi connectivity index (χ0v) is 12.7. The molecule has 0 aliphatic heterocycles. The summed E-state index contributed by atoms with van der Waals surface area (Å²) in [5.41, 5.74) is 3.62. The van der Waals surface area contributed by atoms with Crippen LogP contribution < -0.4 is 10.6 Å². The maximum Gasteiger partial charge on any atom is 0.233 e. The minimum Gasteiger partial charge on any atom is -0.352 e. The molecule has 2 rings (SSSR count). The van der Waals surface area contributed by atoms with Gasteiger partial charge < -0.3 is 10.6 Å². The molecule has 0 atom stereocenters. The number of benzene rings is 1. The second kappa shape index (κ2) is 7.36. The van der Waals surface area contributed by atoms with E-state index in [2.05, 4.69) is 15.6 Å². The summed E-state index contributed by atoms with van der Waals surface area (Å²) < 4.78 is 0. The molecule has 114 valence electrons. The Kier molecular flexibility index (Phi) is 5.25. The highest BCUT2D eigenvalue weighted by Gasteiger charge is 2.11. The topological polar surface area (TPSA) is 71.1 Å². The number of aromatic nitrogens is 1. The lowest BCUT2D eigenvalue weighted by atomic mass is 10.1. The smallest absolute Gasteiger partial charge is 0.233 e. The molecule has 22 heavy (non-hydrogen) atoms. The van der Waals surface area contributed by atoms with Crippen molar-refractivity contribution < 1.29 is 9.59 Å². The summed E-state index contributed by atoms with van der Waals surface area (Å²) in [7, 11) is 0. The molecule has 2 amide bonds. The van der Waals surface area contributed by atoms with E-state index in [0.29, 0.717) is 6.54 Å². The first-order chi connectivity index (χ1) is 10.6. The molecular weight excluding hydrogens is 278 g/mol. The quantitative estimate of drug-likeness (QED) is 0.832. The average molecular weight is 297 g/mol. The van der Waals surface area contributed by atoms with Gasteiger partial charge in [-0.05, 0) is 36.6 Å². The lowest BCUT2D eigenvalue weighted by Crippen LogP contribution is -2.28. The van der Waals surface area contributed by atoms with Crippen LogP contribution in [-0.4, -0.2) is 16.8 Å². The Hall–Kier alpha value is -2.69. The van der Waals surface area contributed by atoms with Crippen LogP contribution in [0.3, 0.4) is 0 Å². The number of pyridine rings is 1. The third kappa shape index (κ3) is 4.41. The lowest BCUT2D eigenvalue weighted by Gasteiger charge is -2.11. The van der Waals surface area contributed by atoms with E-state index < -0.39 is 0 Å². The van der Waals surface area contributed by atoms with E-state index in [4.69, 9.17) is 0 Å². The molecule has 0 spiro atoms. The number of amides is 2. The van der Waals surface area contributed by atoms with Gasteiger partial charge in [-0.3, -0.25) is 14.6 Å². The van der Waals surface area contributed by atoms with Crippen molar-refractivity contribution in [1.82, 2.24) is 10.3 Å². The first-order valence-electron chi connectivity index (χ1n) is 7.08. The van der Waals surface area contributed by atoms with E-state index in [9.17, 15) is 9.59 Å². The molecule has 0 bridgehead atoms. The fourth-order valence-corrected chi connectivity index (χ4v) is 2.11. The number of carbonyl (C=O) groups is 2. The molecule has 1 aromatic heterocycles. The van der Waals surface area contributed by atoms with Gasteiger partial charge in [0.15, 0.2) is 0 Å². The van der Waals surface area contributed by atoms with Crippen molar-refractivity contribution in [3.05, 3.63) is 59.4 Å². The standard InChI is InChI=1S/C17H19N3O2/c1-12-5-3-6-13(2)17(12)20-16(22)9-15(21)19-11-14-7-4-8-18-10-14/h3-8,10H,9,11H2,1-2H3,(H,19,21)(H,20,22). The predicted molar refractivity (Wildman–Crippen MR) is 85.2 cm³/mol. The number of carbonyl (C=O) groups excluding carboxylic acids is 2. The molecular formula is C17H19N3O2. The van der Waals surface area contributed by atoms with Crippen LogP contribution in [0.4, 0.5) is 5.69 Å². The monoisotopic (exact) mass is 297 g/mol. The predicted octanol–water partition coefficient (Wildman–Crippen LogP) is 2.34. The third-order valence-electron chi connectivity index (χ3n) is 3.28. The first-order valence-corrected chi connectivity index (χ1v) is 7.08. The number of para-hydroxylation sites is 1. The Morgan fingerprint density at radius 2 is 1.77 bits per heavy atom. The van der Waals surface area contributed by atoms with Gasteiger partial charge in [0.2, 0.25) is 11.8 Å². The van der Waals surface area contributed by atoms with E-state index in [-0.39, 0.29) is 18.2 Å². The van der Waals surface area contributed by atoms with Crippen LogP contribution in [0.15, 0.2) is 42.7 Å². The Balaban J connectivity index is 1.85. The Labute approximate surface area is 129 Å². The van der Waals surface area contributed by atoms with E-state index in [1.165, 1.54) is 0 Å². The number of anilines is 1. The Morgan fingerprint density at radius 1 is 1.05 bits per heavy atom. The molecule has 0 aliphatic carbocycles. The summed E-state index contributed by atoms with van der Waals surface area (Å²) in [5.74, 6) is -0.631. The van der Waals surface area contributed by atoms with Gasteiger partial charge in [0, 0.05) is 24.6 Å². The summed E-state index contributed by atoms with van der Waals surface area (Å²) >= 11 is 0. The van der Waals surface area contributed by atoms with E-state index in [1.807, 2.05) is 38.1 Å². The minimum absolute atomic E-state index is 0.200. The van der Waals surface area contributed by atoms with Gasteiger partial charge in [-0.2, -0.15) is 0 Å². The second-order valence-corrected chi connectivity index (χ2v) is 5.13. The van der Waals surface area contributed by atoms with Crippen molar-refractivity contribution in [2.45, 2.75) is 26.8 Å². The average Bonchev–Trinajstić information content (AvgIpc) is 2.50. The van der Waals surface area contributed by atoms with Gasteiger partial charge in [0.05, 0.1) is 0 Å². The van der Waals surface area contributed by atoms with Crippen LogP contribution in [0.2, 0.25) is 0 Å². The number of nitrogens with zero attached hydrogens (tertiary/aromatic N) is 1. The van der Waals surface area contributed by atoms with Crippen molar-refractivity contribution >= 4 is 17.5 Å². The molecule has 1 aromatic carbocycles. The Morgan fingerprint density at radius 3 is 2.41 bits per heavy atom. The molecule has 2 N–H and O–H groups in total. The lowest BCUT2D eigenvalue weighted by molar-refractivity contribution is -0.126. The van der Waals surface area contributed by atoms with Crippen molar-refractivity contribution in [1.29, 1.82) is 0 Å². The number of hydrogen-bond donors (Lipinski definition) is 2. The molecule has 2 aromatic rings. The van der Waals surface area contributed by atoms with Gasteiger partial charge in [-0.25, -0.2) is 0 Å². The number of aryl methyl sites for hydroxylation is 2. The summed E-state index contributed by atoms with van der Waals surface area (Å²) in [6.07, 6.45) is 3.15. The van der Waals surface area contributed by atoms with Crippen LogP contribution in [0, 0.1) is 13.8 Å². The highest BCUT2D eigenvalue weighted by atomic mass is 16.2. The van der Waals surface area contributed by atoms with Crippen molar-refractivity contribution in [3.8, 4) is 0 Å². The zero-order valence-electron chi connectivity index (χ0n) is 12.7. The highest BCUT2D eigenvalue weighted by Crippen LogP contribution is 2.19. The minimum atomic E-state index is -0.318. The van der Waals surface area contributed by atoms with Crippen LogP contribution in [0.5, 0.6) is 0 Å². The van der Waals surface area contributed by atoms with Crippen LogP contribution in [0.25, 0.3) is 0 Å². The van der Waals surface area contributed by atoms with Gasteiger partial charge in [-0.1, -0.05) is 24.3 Å². The largest absolute Gasteiger partial charge is 0.352 e. The molecule has 0 aliphatic rings. The molecule has 5 heteroatoms. The van der Waals surface area contributed by atoms with Crippen molar-refractivity contribution in [2.75, 3.05) is 5.32 Å². The first kappa shape index (κ1) is 15.7. The fraction of sp³-hybridized carbons (Fsp3) is 0.235. The SMILES string of the molecule is Cc1cccc(C)c1NC(=O)CC(=O)NCc1cccnc1. The molecule has 0 saturated heterocycles. The van der Waals surface area contributed by atoms with Gasteiger partial charge in [0.1, 0.15) is 6.42 Å². The number of hydrogen-bond acceptors (Lipinski definition) is 3. The fourth-order valence-electron chi connectivity index (χ4n) is 2.11. The maximum absolute atomic E-state index is 12.0. The maximum atomic E-state index is 12.0. The summed E-state index contributed by atoms with van der Waals surface area (Å²) in [5, 5.41) is 5.50. The molecule has 1 heterocycles. The second-order valence-electron chi connectivity index (χ2n) is 5.13. The number of rotatable bonds is 5. The normalized spacial score (nSPS) is 10.1. The molecule has 0 radical (unpaired) electrons. The third-order valence-corrected chi connectivity index (χ3v) is 3.28. The number of nitrogens with one attached hydrogen (secondary N) is 2. The molecule has 0 saturated carbocycles. The van der Waals surface area contributed by atoms with E-state index in [0.717, 1.165) is 22.4 Å². The molecule has 0 unspecified atom stereocenters. The summed E-state index contributed by atoms with van der Waals surface area (Å²) in [6.45, 7) is 4.21.